The van der Waals surface area contributed by atoms with Crippen molar-refractivity contribution < 1.29 is 23.1 Å². The summed E-state index contributed by atoms with van der Waals surface area (Å²) in [7, 11) is -4.05. The Morgan fingerprint density at radius 2 is 1.95 bits per heavy atom. The van der Waals surface area contributed by atoms with Crippen LogP contribution in [0.4, 0.5) is 0 Å². The second-order valence-corrected chi connectivity index (χ2v) is 7.54. The number of carbonyl (C=O) groups excluding carboxylic acids is 1. The summed E-state index contributed by atoms with van der Waals surface area (Å²) in [6, 6.07) is 2.92. The molecule has 10 heteroatoms. The van der Waals surface area contributed by atoms with Crippen LogP contribution in [0.1, 0.15) is 12.8 Å². The maximum Gasteiger partial charge on any atom is 0.321 e. The number of aliphatic carboxylic acids is 1. The molecule has 1 aromatic rings. The van der Waals surface area contributed by atoms with Crippen LogP contribution in [0, 0.1) is 0 Å². The second kappa shape index (κ2) is 7.34. The molecule has 0 saturated heterocycles. The van der Waals surface area contributed by atoms with Crippen molar-refractivity contribution in [2.75, 3.05) is 0 Å². The Labute approximate surface area is 138 Å². The van der Waals surface area contributed by atoms with E-state index in [1.165, 1.54) is 18.2 Å². The lowest BCUT2D eigenvalue weighted by atomic mass is 10.2. The zero-order valence-corrected chi connectivity index (χ0v) is 14.5. The van der Waals surface area contributed by atoms with Gasteiger partial charge in [0.2, 0.25) is 15.9 Å². The van der Waals surface area contributed by atoms with Crippen LogP contribution < -0.4 is 10.5 Å². The second-order valence-electron chi connectivity index (χ2n) is 4.09. The van der Waals surface area contributed by atoms with Gasteiger partial charge in [-0.1, -0.05) is 15.9 Å². The molecule has 0 aliphatic rings. The third-order valence-corrected chi connectivity index (χ3v) is 5.40. The van der Waals surface area contributed by atoms with Gasteiger partial charge in [-0.3, -0.25) is 9.59 Å². The van der Waals surface area contributed by atoms with Crippen LogP contribution in [-0.2, 0) is 19.6 Å². The van der Waals surface area contributed by atoms with Gasteiger partial charge in [0.05, 0.1) is 4.90 Å². The Bertz CT molecular complexity index is 663. The van der Waals surface area contributed by atoms with Crippen LogP contribution in [0.5, 0.6) is 0 Å². The predicted octanol–water partition coefficient (Wildman–Crippen LogP) is 1.21. The molecule has 0 aromatic heterocycles. The van der Waals surface area contributed by atoms with Gasteiger partial charge in [0, 0.05) is 15.4 Å². The summed E-state index contributed by atoms with van der Waals surface area (Å²) >= 11 is 6.29. The van der Waals surface area contributed by atoms with Crippen LogP contribution >= 0.6 is 31.9 Å². The minimum atomic E-state index is -4.05. The summed E-state index contributed by atoms with van der Waals surface area (Å²) in [5.41, 5.74) is 4.93. The van der Waals surface area contributed by atoms with Gasteiger partial charge in [0.15, 0.2) is 0 Å². The number of nitrogens with two attached hydrogens (primary N) is 1. The van der Waals surface area contributed by atoms with E-state index in [4.69, 9.17) is 10.8 Å². The van der Waals surface area contributed by atoms with Gasteiger partial charge in [-0.05, 0) is 40.5 Å². The van der Waals surface area contributed by atoms with Gasteiger partial charge in [-0.2, -0.15) is 4.72 Å². The number of carboxylic acid groups (broad SMARTS) is 1. The molecule has 0 unspecified atom stereocenters. The number of carboxylic acids is 1. The number of amides is 1. The summed E-state index contributed by atoms with van der Waals surface area (Å²) in [5.74, 6) is -2.08. The highest BCUT2D eigenvalue weighted by Gasteiger charge is 2.27. The fraction of sp³-hybridized carbons (Fsp3) is 0.273. The summed E-state index contributed by atoms with van der Waals surface area (Å²) in [5, 5.41) is 9.01. The first kappa shape index (κ1) is 18.1. The third kappa shape index (κ3) is 5.38. The number of hydrogen-bond acceptors (Lipinski definition) is 4. The molecule has 0 heterocycles. The number of hydrogen-bond donors (Lipinski definition) is 3. The largest absolute Gasteiger partial charge is 0.480 e. The van der Waals surface area contributed by atoms with Crippen molar-refractivity contribution in [1.29, 1.82) is 0 Å². The third-order valence-electron chi connectivity index (χ3n) is 2.46. The minimum absolute atomic E-state index is 0.101. The summed E-state index contributed by atoms with van der Waals surface area (Å²) in [4.78, 5) is 21.7. The molecule has 0 aliphatic carbocycles. The van der Waals surface area contributed by atoms with E-state index in [0.29, 0.717) is 4.47 Å². The van der Waals surface area contributed by atoms with Crippen LogP contribution in [0.15, 0.2) is 32.0 Å². The monoisotopic (exact) mass is 442 g/mol. The SMILES string of the molecule is NC(=O)CC[C@@H](NS(=O)(=O)c1ccc(Br)cc1Br)C(=O)O. The maximum absolute atomic E-state index is 12.2. The van der Waals surface area contributed by atoms with Gasteiger partial charge < -0.3 is 10.8 Å². The Morgan fingerprint density at radius 1 is 1.33 bits per heavy atom. The summed E-state index contributed by atoms with van der Waals surface area (Å²) < 4.78 is 27.4. The van der Waals surface area contributed by atoms with Crippen molar-refractivity contribution in [1.82, 2.24) is 4.72 Å². The highest BCUT2D eigenvalue weighted by Crippen LogP contribution is 2.25. The molecule has 0 aliphatic heterocycles. The maximum atomic E-state index is 12.2. The quantitative estimate of drug-likeness (QED) is 0.583. The Morgan fingerprint density at radius 3 is 2.43 bits per heavy atom. The van der Waals surface area contributed by atoms with E-state index in [0.717, 1.165) is 0 Å². The Balaban J connectivity index is 3.00. The molecular weight excluding hydrogens is 432 g/mol. The number of benzene rings is 1. The van der Waals surface area contributed by atoms with E-state index in [1.54, 1.807) is 0 Å². The first-order chi connectivity index (χ1) is 9.63. The number of rotatable bonds is 7. The van der Waals surface area contributed by atoms with E-state index in [2.05, 4.69) is 31.9 Å². The molecule has 1 atom stereocenters. The van der Waals surface area contributed by atoms with Gasteiger partial charge >= 0.3 is 5.97 Å². The van der Waals surface area contributed by atoms with Crippen molar-refractivity contribution in [3.8, 4) is 0 Å². The van der Waals surface area contributed by atoms with Gasteiger partial charge in [-0.25, -0.2) is 8.42 Å². The topological polar surface area (TPSA) is 127 Å². The van der Waals surface area contributed by atoms with Crippen LogP contribution in [0.3, 0.4) is 0 Å². The number of carbonyl (C=O) groups is 2. The number of sulfonamides is 1. The molecule has 116 valence electrons. The number of nitrogens with one attached hydrogen (secondary N) is 1. The number of halogens is 2. The van der Waals surface area contributed by atoms with Crippen molar-refractivity contribution in [2.45, 2.75) is 23.8 Å². The van der Waals surface area contributed by atoms with Crippen LogP contribution in [0.25, 0.3) is 0 Å². The molecule has 21 heavy (non-hydrogen) atoms. The average molecular weight is 444 g/mol. The van der Waals surface area contributed by atoms with E-state index < -0.39 is 27.9 Å². The van der Waals surface area contributed by atoms with Crippen LogP contribution in [0.2, 0.25) is 0 Å². The first-order valence-electron chi connectivity index (χ1n) is 5.62. The zero-order chi connectivity index (χ0) is 16.2. The molecule has 4 N–H and O–H groups in total. The van der Waals surface area contributed by atoms with Crippen molar-refractivity contribution >= 4 is 53.8 Å². The normalized spacial score (nSPS) is 12.9. The molecule has 0 spiro atoms. The lowest BCUT2D eigenvalue weighted by molar-refractivity contribution is -0.139. The summed E-state index contributed by atoms with van der Waals surface area (Å²) in [6.45, 7) is 0. The van der Waals surface area contributed by atoms with E-state index in [1.807, 2.05) is 4.72 Å². The molecule has 1 aromatic carbocycles. The van der Waals surface area contributed by atoms with Gasteiger partial charge in [-0.15, -0.1) is 0 Å². The molecular formula is C11H12Br2N2O5S. The molecule has 1 rings (SSSR count). The van der Waals surface area contributed by atoms with Crippen molar-refractivity contribution in [3.63, 3.8) is 0 Å². The molecule has 0 saturated carbocycles. The van der Waals surface area contributed by atoms with E-state index in [-0.39, 0.29) is 22.2 Å². The lowest BCUT2D eigenvalue weighted by Crippen LogP contribution is -2.41. The minimum Gasteiger partial charge on any atom is -0.480 e. The highest BCUT2D eigenvalue weighted by atomic mass is 79.9. The van der Waals surface area contributed by atoms with Gasteiger partial charge in [0.25, 0.3) is 0 Å². The average Bonchev–Trinajstić information content (AvgIpc) is 2.33. The Hall–Kier alpha value is -0.970. The summed E-state index contributed by atoms with van der Waals surface area (Å²) in [6.07, 6.45) is -0.459. The van der Waals surface area contributed by atoms with Crippen molar-refractivity contribution in [2.24, 2.45) is 5.73 Å². The Kier molecular flexibility index (Phi) is 6.32. The molecule has 1 amide bonds. The zero-order valence-electron chi connectivity index (χ0n) is 10.5. The number of primary amides is 1. The first-order valence-corrected chi connectivity index (χ1v) is 8.69. The smallest absolute Gasteiger partial charge is 0.321 e. The fourth-order valence-corrected chi connectivity index (χ4v) is 4.43. The van der Waals surface area contributed by atoms with Crippen LogP contribution in [-0.4, -0.2) is 31.4 Å². The van der Waals surface area contributed by atoms with Crippen molar-refractivity contribution in [3.05, 3.63) is 27.1 Å². The molecule has 0 bridgehead atoms. The lowest BCUT2D eigenvalue weighted by Gasteiger charge is -2.15. The standard InChI is InChI=1S/C11H12Br2N2O5S/c12-6-1-3-9(7(13)5-6)21(19,20)15-8(11(17)18)2-4-10(14)16/h1,3,5,8,15H,2,4H2,(H2,14,16)(H,17,18)/t8-/m1/s1. The van der Waals surface area contributed by atoms with E-state index in [9.17, 15) is 18.0 Å². The van der Waals surface area contributed by atoms with E-state index >= 15 is 0 Å². The predicted molar refractivity (Wildman–Crippen MR) is 82.0 cm³/mol. The highest BCUT2D eigenvalue weighted by molar-refractivity contribution is 9.11. The fourth-order valence-electron chi connectivity index (χ4n) is 1.46. The molecule has 0 fully saturated rings. The molecule has 7 nitrogen and oxygen atoms in total. The van der Waals surface area contributed by atoms with Gasteiger partial charge in [0.1, 0.15) is 6.04 Å². The molecule has 0 radical (unpaired) electrons.